The van der Waals surface area contributed by atoms with Crippen LogP contribution < -0.4 is 0 Å². The van der Waals surface area contributed by atoms with E-state index in [0.29, 0.717) is 0 Å². The zero-order chi connectivity index (χ0) is 11.7. The van der Waals surface area contributed by atoms with Crippen LogP contribution in [0.4, 0.5) is 11.4 Å². The lowest BCUT2D eigenvalue weighted by atomic mass is 10.0. The second-order valence-electron chi connectivity index (χ2n) is 4.10. The van der Waals surface area contributed by atoms with E-state index in [1.165, 1.54) is 5.56 Å². The van der Waals surface area contributed by atoms with Crippen LogP contribution in [0.5, 0.6) is 0 Å². The van der Waals surface area contributed by atoms with Gasteiger partial charge in [-0.1, -0.05) is 29.8 Å². The van der Waals surface area contributed by atoms with Crippen molar-refractivity contribution in [3.8, 4) is 0 Å². The van der Waals surface area contributed by atoms with Crippen LogP contribution in [-0.4, -0.2) is 0 Å². The van der Waals surface area contributed by atoms with E-state index in [1.807, 2.05) is 36.4 Å². The SMILES string of the molecule is Clc1ccc2c(c1)CCc1ccccc1N=N2. The number of fused-ring (bicyclic) bond motifs is 2. The number of hydrogen-bond donors (Lipinski definition) is 0. The Kier molecular flexibility index (Phi) is 2.65. The van der Waals surface area contributed by atoms with Gasteiger partial charge >= 0.3 is 0 Å². The van der Waals surface area contributed by atoms with Crippen molar-refractivity contribution < 1.29 is 0 Å². The number of nitrogens with zero attached hydrogens (tertiary/aromatic N) is 2. The fourth-order valence-electron chi connectivity index (χ4n) is 2.05. The molecule has 0 N–H and O–H groups in total. The third kappa shape index (κ3) is 2.08. The maximum absolute atomic E-state index is 6.00. The summed E-state index contributed by atoms with van der Waals surface area (Å²) < 4.78 is 0. The highest BCUT2D eigenvalue weighted by molar-refractivity contribution is 6.30. The van der Waals surface area contributed by atoms with E-state index in [4.69, 9.17) is 11.6 Å². The summed E-state index contributed by atoms with van der Waals surface area (Å²) in [7, 11) is 0. The van der Waals surface area contributed by atoms with E-state index in [1.54, 1.807) is 0 Å². The molecule has 0 aromatic heterocycles. The van der Waals surface area contributed by atoms with Gasteiger partial charge in [-0.05, 0) is 48.2 Å². The molecular weight excluding hydrogens is 232 g/mol. The minimum Gasteiger partial charge on any atom is -0.150 e. The van der Waals surface area contributed by atoms with Crippen molar-refractivity contribution in [3.05, 3.63) is 58.6 Å². The Bertz CT molecular complexity index is 591. The highest BCUT2D eigenvalue weighted by atomic mass is 35.5. The van der Waals surface area contributed by atoms with Gasteiger partial charge in [-0.3, -0.25) is 0 Å². The molecule has 17 heavy (non-hydrogen) atoms. The van der Waals surface area contributed by atoms with Gasteiger partial charge < -0.3 is 0 Å². The van der Waals surface area contributed by atoms with E-state index < -0.39 is 0 Å². The largest absolute Gasteiger partial charge is 0.150 e. The number of hydrogen-bond acceptors (Lipinski definition) is 2. The summed E-state index contributed by atoms with van der Waals surface area (Å²) in [5, 5.41) is 9.35. The highest BCUT2D eigenvalue weighted by Gasteiger charge is 2.09. The van der Waals surface area contributed by atoms with Crippen molar-refractivity contribution in [1.82, 2.24) is 0 Å². The van der Waals surface area contributed by atoms with Crippen molar-refractivity contribution in [2.45, 2.75) is 12.8 Å². The first kappa shape index (κ1) is 10.5. The monoisotopic (exact) mass is 242 g/mol. The normalized spacial score (nSPS) is 13.5. The summed E-state index contributed by atoms with van der Waals surface area (Å²) in [4.78, 5) is 0. The topological polar surface area (TPSA) is 24.7 Å². The average molecular weight is 243 g/mol. The third-order valence-electron chi connectivity index (χ3n) is 2.96. The number of halogens is 1. The molecule has 1 aliphatic heterocycles. The maximum atomic E-state index is 6.00. The van der Waals surface area contributed by atoms with Crippen LogP contribution >= 0.6 is 11.6 Å². The maximum Gasteiger partial charge on any atom is 0.0890 e. The molecule has 2 aromatic carbocycles. The van der Waals surface area contributed by atoms with Crippen LogP contribution in [-0.2, 0) is 12.8 Å². The Morgan fingerprint density at radius 3 is 2.41 bits per heavy atom. The van der Waals surface area contributed by atoms with Gasteiger partial charge in [0.2, 0.25) is 0 Å². The minimum atomic E-state index is 0.757. The molecule has 0 fully saturated rings. The molecule has 0 bridgehead atoms. The van der Waals surface area contributed by atoms with Gasteiger partial charge in [0.15, 0.2) is 0 Å². The summed E-state index contributed by atoms with van der Waals surface area (Å²) in [6, 6.07) is 13.9. The predicted octanol–water partition coefficient (Wildman–Crippen LogP) is 4.85. The number of benzene rings is 2. The quantitative estimate of drug-likeness (QED) is 0.631. The predicted molar refractivity (Wildman–Crippen MR) is 69.5 cm³/mol. The van der Waals surface area contributed by atoms with E-state index >= 15 is 0 Å². The van der Waals surface area contributed by atoms with Gasteiger partial charge in [-0.15, -0.1) is 0 Å². The molecule has 84 valence electrons. The van der Waals surface area contributed by atoms with Crippen LogP contribution in [0, 0.1) is 0 Å². The molecule has 2 nitrogen and oxygen atoms in total. The Labute approximate surface area is 105 Å². The number of azo groups is 1. The molecule has 0 radical (unpaired) electrons. The molecule has 0 saturated heterocycles. The molecule has 0 atom stereocenters. The van der Waals surface area contributed by atoms with Gasteiger partial charge in [0.25, 0.3) is 0 Å². The smallest absolute Gasteiger partial charge is 0.0890 e. The molecular formula is C14H11ClN2. The van der Waals surface area contributed by atoms with E-state index in [9.17, 15) is 0 Å². The molecule has 0 spiro atoms. The van der Waals surface area contributed by atoms with Crippen molar-refractivity contribution in [3.63, 3.8) is 0 Å². The Morgan fingerprint density at radius 2 is 1.53 bits per heavy atom. The average Bonchev–Trinajstić information content (AvgIpc) is 2.33. The molecule has 1 heterocycles. The van der Waals surface area contributed by atoms with E-state index in [-0.39, 0.29) is 0 Å². The van der Waals surface area contributed by atoms with Crippen LogP contribution in [0.15, 0.2) is 52.7 Å². The van der Waals surface area contributed by atoms with Gasteiger partial charge in [0, 0.05) is 5.02 Å². The fourth-order valence-corrected chi connectivity index (χ4v) is 2.24. The third-order valence-corrected chi connectivity index (χ3v) is 3.20. The molecule has 0 amide bonds. The fraction of sp³-hybridized carbons (Fsp3) is 0.143. The summed E-state index contributed by atoms with van der Waals surface area (Å²) in [6.07, 6.45) is 1.93. The van der Waals surface area contributed by atoms with Crippen LogP contribution in [0.25, 0.3) is 0 Å². The number of rotatable bonds is 0. The molecule has 1 aliphatic rings. The van der Waals surface area contributed by atoms with Gasteiger partial charge in [-0.25, -0.2) is 0 Å². The lowest BCUT2D eigenvalue weighted by molar-refractivity contribution is 0.936. The lowest BCUT2D eigenvalue weighted by Gasteiger charge is -2.11. The molecule has 3 heteroatoms. The van der Waals surface area contributed by atoms with E-state index in [2.05, 4.69) is 16.3 Å². The van der Waals surface area contributed by atoms with Crippen LogP contribution in [0.3, 0.4) is 0 Å². The summed E-state index contributed by atoms with van der Waals surface area (Å²) in [5.74, 6) is 0. The standard InChI is InChI=1S/C14H11ClN2/c15-12-7-8-14-11(9-12)6-5-10-3-1-2-4-13(10)16-17-14/h1-4,7-9H,5-6H2. The summed E-state index contributed by atoms with van der Waals surface area (Å²) >= 11 is 6.00. The van der Waals surface area contributed by atoms with Gasteiger partial charge in [0.1, 0.15) is 0 Å². The zero-order valence-electron chi connectivity index (χ0n) is 9.23. The van der Waals surface area contributed by atoms with Crippen molar-refractivity contribution in [2.75, 3.05) is 0 Å². The number of aryl methyl sites for hydroxylation is 2. The summed E-state index contributed by atoms with van der Waals surface area (Å²) in [5.41, 5.74) is 4.29. The highest BCUT2D eigenvalue weighted by Crippen LogP contribution is 2.31. The molecule has 0 aliphatic carbocycles. The first-order valence-corrected chi connectivity index (χ1v) is 5.99. The van der Waals surface area contributed by atoms with Crippen molar-refractivity contribution >= 4 is 23.0 Å². The molecule has 3 rings (SSSR count). The van der Waals surface area contributed by atoms with Gasteiger partial charge in [-0.2, -0.15) is 10.2 Å². The first-order valence-electron chi connectivity index (χ1n) is 5.61. The molecule has 2 aromatic rings. The van der Waals surface area contributed by atoms with E-state index in [0.717, 1.165) is 34.8 Å². The molecule has 0 unspecified atom stereocenters. The van der Waals surface area contributed by atoms with Crippen LogP contribution in [0.2, 0.25) is 5.02 Å². The first-order chi connectivity index (χ1) is 8.33. The minimum absolute atomic E-state index is 0.757. The second kappa shape index (κ2) is 4.30. The van der Waals surface area contributed by atoms with Crippen LogP contribution in [0.1, 0.15) is 11.1 Å². The lowest BCUT2D eigenvalue weighted by Crippen LogP contribution is -1.94. The zero-order valence-corrected chi connectivity index (χ0v) is 9.98. The van der Waals surface area contributed by atoms with Crippen molar-refractivity contribution in [2.24, 2.45) is 10.2 Å². The Balaban J connectivity index is 2.09. The Hall–Kier alpha value is -1.67. The van der Waals surface area contributed by atoms with Gasteiger partial charge in [0.05, 0.1) is 11.4 Å². The second-order valence-corrected chi connectivity index (χ2v) is 4.54. The molecule has 0 saturated carbocycles. The van der Waals surface area contributed by atoms with Crippen molar-refractivity contribution in [1.29, 1.82) is 0 Å². The summed E-state index contributed by atoms with van der Waals surface area (Å²) in [6.45, 7) is 0. The Morgan fingerprint density at radius 1 is 0.824 bits per heavy atom.